The minimum absolute atomic E-state index is 0.0504. The number of nitrogens with zero attached hydrogens (tertiary/aromatic N) is 2. The Kier molecular flexibility index (Phi) is 6.94. The largest absolute Gasteiger partial charge is 0.512 e. The van der Waals surface area contributed by atoms with E-state index in [1.54, 1.807) is 19.1 Å². The summed E-state index contributed by atoms with van der Waals surface area (Å²) in [6.07, 6.45) is -0.142. The lowest BCUT2D eigenvalue weighted by Crippen LogP contribution is -2.46. The number of pyridine rings is 1. The number of anilines is 1. The first-order valence-electron chi connectivity index (χ1n) is 12.8. The SMILES string of the molecule is Cc1nc(N2C3CC[C@H]2CC(OC/C(C(=N)c2ccccc2C(F)(F)F)=C(/O)C2CC2)C3)ccc1C(=O)O. The second kappa shape index (κ2) is 10.1. The lowest BCUT2D eigenvalue weighted by molar-refractivity contribution is -0.137. The first-order chi connectivity index (χ1) is 18.0. The Bertz CT molecular complexity index is 1270. The molecule has 5 rings (SSSR count). The van der Waals surface area contributed by atoms with Crippen molar-refractivity contribution < 1.29 is 32.9 Å². The summed E-state index contributed by atoms with van der Waals surface area (Å²) in [5, 5.41) is 28.7. The number of aliphatic hydroxyl groups is 1. The average Bonchev–Trinajstić information content (AvgIpc) is 3.68. The number of carboxylic acid groups (broad SMARTS) is 1. The number of rotatable bonds is 8. The van der Waals surface area contributed by atoms with E-state index in [1.165, 1.54) is 18.2 Å². The number of halogens is 3. The van der Waals surface area contributed by atoms with Crippen LogP contribution in [0.4, 0.5) is 19.0 Å². The number of aromatic carboxylic acids is 1. The normalized spacial score (nSPS) is 23.8. The number of nitrogens with one attached hydrogen (secondary N) is 1. The smallest absolute Gasteiger partial charge is 0.417 e. The van der Waals surface area contributed by atoms with Crippen molar-refractivity contribution in [3.63, 3.8) is 0 Å². The van der Waals surface area contributed by atoms with Gasteiger partial charge in [0.2, 0.25) is 0 Å². The molecule has 0 spiro atoms. The van der Waals surface area contributed by atoms with Crippen LogP contribution in [0.1, 0.15) is 65.7 Å². The van der Waals surface area contributed by atoms with Gasteiger partial charge in [0.05, 0.1) is 35.2 Å². The van der Waals surface area contributed by atoms with Crippen LogP contribution in [0.5, 0.6) is 0 Å². The van der Waals surface area contributed by atoms with Crippen molar-refractivity contribution in [1.82, 2.24) is 4.98 Å². The molecule has 0 radical (unpaired) electrons. The molecule has 1 aromatic carbocycles. The van der Waals surface area contributed by atoms with Gasteiger partial charge in [-0.2, -0.15) is 13.2 Å². The number of aromatic nitrogens is 1. The van der Waals surface area contributed by atoms with Crippen molar-refractivity contribution >= 4 is 17.5 Å². The molecule has 3 fully saturated rings. The summed E-state index contributed by atoms with van der Waals surface area (Å²) in [5.74, 6) is -0.479. The number of piperidine rings is 1. The number of aliphatic hydroxyl groups excluding tert-OH is 1. The van der Waals surface area contributed by atoms with Gasteiger partial charge < -0.3 is 19.8 Å². The zero-order valence-electron chi connectivity index (χ0n) is 21.0. The molecule has 3 aliphatic rings. The number of hydrogen-bond donors (Lipinski definition) is 3. The number of alkyl halides is 3. The Morgan fingerprint density at radius 1 is 1.05 bits per heavy atom. The molecule has 0 amide bonds. The van der Waals surface area contributed by atoms with Crippen molar-refractivity contribution in [2.75, 3.05) is 11.5 Å². The minimum atomic E-state index is -4.62. The van der Waals surface area contributed by atoms with Gasteiger partial charge in [-0.1, -0.05) is 18.2 Å². The number of fused-ring (bicyclic) bond motifs is 2. The fourth-order valence-corrected chi connectivity index (χ4v) is 5.74. The lowest BCUT2D eigenvalue weighted by Gasteiger charge is -2.40. The maximum atomic E-state index is 13.6. The molecule has 10 heteroatoms. The highest BCUT2D eigenvalue weighted by Gasteiger charge is 2.42. The van der Waals surface area contributed by atoms with Crippen LogP contribution in [0, 0.1) is 18.3 Å². The van der Waals surface area contributed by atoms with E-state index >= 15 is 0 Å². The van der Waals surface area contributed by atoms with Crippen LogP contribution in [0.25, 0.3) is 0 Å². The predicted octanol–water partition coefficient (Wildman–Crippen LogP) is 5.91. The summed E-state index contributed by atoms with van der Waals surface area (Å²) in [6.45, 7) is 1.54. The van der Waals surface area contributed by atoms with E-state index in [0.717, 1.165) is 37.6 Å². The summed E-state index contributed by atoms with van der Waals surface area (Å²) in [7, 11) is 0. The van der Waals surface area contributed by atoms with Gasteiger partial charge in [-0.25, -0.2) is 9.78 Å². The number of hydrogen-bond acceptors (Lipinski definition) is 6. The van der Waals surface area contributed by atoms with Crippen LogP contribution >= 0.6 is 0 Å². The summed E-state index contributed by atoms with van der Waals surface area (Å²) >= 11 is 0. The standard InChI is InChI=1S/C28H30F3N3O4/c1-15-20(27(36)37)10-11-24(33-15)34-17-8-9-18(34)13-19(12-17)38-14-22(26(35)16-6-7-16)25(32)21-4-2-3-5-23(21)28(29,30)31/h2-5,10-11,16-19,32,35H,6-9,12-14H2,1H3,(H,36,37)/b26-22-,32-25?/t17-,18?,19?/m0/s1. The molecule has 1 aromatic heterocycles. The van der Waals surface area contributed by atoms with Crippen LogP contribution in [0.2, 0.25) is 0 Å². The fraction of sp³-hybridized carbons (Fsp3) is 0.464. The third-order valence-electron chi connectivity index (χ3n) is 7.80. The molecule has 1 saturated carbocycles. The van der Waals surface area contributed by atoms with Crippen LogP contribution in [0.15, 0.2) is 47.7 Å². The van der Waals surface area contributed by atoms with E-state index in [-0.39, 0.29) is 58.9 Å². The van der Waals surface area contributed by atoms with E-state index in [9.17, 15) is 28.2 Å². The number of carbonyl (C=O) groups is 1. The first kappa shape index (κ1) is 26.2. The summed E-state index contributed by atoms with van der Waals surface area (Å²) in [5.41, 5.74) is -0.804. The number of aryl methyl sites for hydroxylation is 1. The number of allylic oxidation sites excluding steroid dienone is 1. The molecule has 3 N–H and O–H groups in total. The maximum absolute atomic E-state index is 13.6. The molecule has 2 saturated heterocycles. The third kappa shape index (κ3) is 5.14. The highest BCUT2D eigenvalue weighted by molar-refractivity contribution is 6.12. The fourth-order valence-electron chi connectivity index (χ4n) is 5.74. The quantitative estimate of drug-likeness (QED) is 0.290. The van der Waals surface area contributed by atoms with Crippen LogP contribution in [-0.2, 0) is 10.9 Å². The van der Waals surface area contributed by atoms with Gasteiger partial charge in [0.15, 0.2) is 0 Å². The van der Waals surface area contributed by atoms with E-state index in [0.29, 0.717) is 18.5 Å². The monoisotopic (exact) mass is 529 g/mol. The van der Waals surface area contributed by atoms with Gasteiger partial charge in [0.1, 0.15) is 11.6 Å². The zero-order valence-corrected chi connectivity index (χ0v) is 21.0. The molecule has 3 heterocycles. The summed E-state index contributed by atoms with van der Waals surface area (Å²) in [4.78, 5) is 18.1. The topological polar surface area (TPSA) is 107 Å². The Balaban J connectivity index is 1.32. The molecule has 3 atom stereocenters. The Morgan fingerprint density at radius 3 is 2.29 bits per heavy atom. The van der Waals surface area contributed by atoms with Crippen LogP contribution in [-0.4, -0.2) is 51.7 Å². The van der Waals surface area contributed by atoms with Gasteiger partial charge in [-0.15, -0.1) is 0 Å². The second-order valence-corrected chi connectivity index (χ2v) is 10.4. The molecular weight excluding hydrogens is 499 g/mol. The molecular formula is C28H30F3N3O4. The van der Waals surface area contributed by atoms with E-state index in [4.69, 9.17) is 10.1 Å². The van der Waals surface area contributed by atoms with Gasteiger partial charge in [-0.3, -0.25) is 5.41 Å². The molecule has 2 bridgehead atoms. The van der Waals surface area contributed by atoms with Gasteiger partial charge >= 0.3 is 12.1 Å². The molecule has 2 aliphatic heterocycles. The third-order valence-corrected chi connectivity index (χ3v) is 7.80. The first-order valence-corrected chi connectivity index (χ1v) is 12.8. The Labute approximate surface area is 218 Å². The molecule has 38 heavy (non-hydrogen) atoms. The van der Waals surface area contributed by atoms with E-state index in [2.05, 4.69) is 9.88 Å². The Hall–Kier alpha value is -3.40. The molecule has 2 unspecified atom stereocenters. The van der Waals surface area contributed by atoms with Gasteiger partial charge in [0.25, 0.3) is 0 Å². The number of ether oxygens (including phenoxy) is 1. The zero-order chi connectivity index (χ0) is 27.2. The Morgan fingerprint density at radius 2 is 1.71 bits per heavy atom. The maximum Gasteiger partial charge on any atom is 0.417 e. The van der Waals surface area contributed by atoms with Crippen molar-refractivity contribution in [1.29, 1.82) is 5.41 Å². The minimum Gasteiger partial charge on any atom is -0.512 e. The van der Waals surface area contributed by atoms with Gasteiger partial charge in [0, 0.05) is 29.1 Å². The number of carboxylic acids is 1. The van der Waals surface area contributed by atoms with Crippen molar-refractivity contribution in [3.05, 3.63) is 70.1 Å². The van der Waals surface area contributed by atoms with E-state index < -0.39 is 17.7 Å². The summed E-state index contributed by atoms with van der Waals surface area (Å²) < 4.78 is 47.1. The molecule has 2 aromatic rings. The second-order valence-electron chi connectivity index (χ2n) is 10.4. The van der Waals surface area contributed by atoms with Crippen molar-refractivity contribution in [3.8, 4) is 0 Å². The van der Waals surface area contributed by atoms with Crippen molar-refractivity contribution in [2.45, 2.75) is 69.8 Å². The van der Waals surface area contributed by atoms with Gasteiger partial charge in [-0.05, 0) is 63.6 Å². The van der Waals surface area contributed by atoms with Crippen LogP contribution < -0.4 is 4.90 Å². The molecule has 1 aliphatic carbocycles. The summed E-state index contributed by atoms with van der Waals surface area (Å²) in [6, 6.07) is 8.53. The molecule has 7 nitrogen and oxygen atoms in total. The molecule has 202 valence electrons. The van der Waals surface area contributed by atoms with E-state index in [1.807, 2.05) is 0 Å². The highest BCUT2D eigenvalue weighted by atomic mass is 19.4. The predicted molar refractivity (Wildman–Crippen MR) is 135 cm³/mol. The van der Waals surface area contributed by atoms with Crippen molar-refractivity contribution in [2.24, 2.45) is 5.92 Å². The van der Waals surface area contributed by atoms with Crippen LogP contribution in [0.3, 0.4) is 0 Å². The number of benzene rings is 1. The lowest BCUT2D eigenvalue weighted by atomic mass is 9.95. The highest BCUT2D eigenvalue weighted by Crippen LogP contribution is 2.41. The average molecular weight is 530 g/mol.